The Labute approximate surface area is 182 Å². The molecular formula is C21H19IN2O5. The number of nitriles is 1. The highest BCUT2D eigenvalue weighted by molar-refractivity contribution is 14.1. The molecule has 0 saturated carbocycles. The first-order valence-corrected chi connectivity index (χ1v) is 9.73. The van der Waals surface area contributed by atoms with Gasteiger partial charge in [-0.15, -0.1) is 0 Å². The van der Waals surface area contributed by atoms with Gasteiger partial charge in [0.2, 0.25) is 6.79 Å². The van der Waals surface area contributed by atoms with Crippen molar-refractivity contribution in [3.8, 4) is 29.1 Å². The summed E-state index contributed by atoms with van der Waals surface area (Å²) >= 11 is 2.14. The summed E-state index contributed by atoms with van der Waals surface area (Å²) in [6, 6.07) is 11.2. The Morgan fingerprint density at radius 1 is 1.28 bits per heavy atom. The van der Waals surface area contributed by atoms with E-state index in [2.05, 4.69) is 22.6 Å². The van der Waals surface area contributed by atoms with Gasteiger partial charge in [0.15, 0.2) is 23.0 Å². The lowest BCUT2D eigenvalue weighted by molar-refractivity contribution is -0.124. The van der Waals surface area contributed by atoms with Gasteiger partial charge in [-0.1, -0.05) is 6.07 Å². The quantitative estimate of drug-likeness (QED) is 0.339. The summed E-state index contributed by atoms with van der Waals surface area (Å²) in [5, 5.41) is 9.29. The molecular weight excluding hydrogens is 487 g/mol. The topological polar surface area (TPSA) is 81.0 Å². The zero-order valence-electron chi connectivity index (χ0n) is 16.2. The van der Waals surface area contributed by atoms with Crippen molar-refractivity contribution < 1.29 is 23.7 Å². The van der Waals surface area contributed by atoms with E-state index in [-0.39, 0.29) is 18.3 Å². The fraction of sp³-hybridized carbons (Fsp3) is 0.238. The molecule has 150 valence electrons. The van der Waals surface area contributed by atoms with Gasteiger partial charge in [-0.3, -0.25) is 4.79 Å². The maximum Gasteiger partial charge on any atom is 0.264 e. The van der Waals surface area contributed by atoms with Crippen molar-refractivity contribution in [2.45, 2.75) is 6.61 Å². The van der Waals surface area contributed by atoms with E-state index in [0.29, 0.717) is 29.4 Å². The molecule has 8 heteroatoms. The number of ether oxygens (including phenoxy) is 4. The Hall–Kier alpha value is -2.93. The van der Waals surface area contributed by atoms with Crippen molar-refractivity contribution in [3.63, 3.8) is 0 Å². The lowest BCUT2D eigenvalue weighted by Gasteiger charge is -2.14. The number of rotatable bonds is 6. The smallest absolute Gasteiger partial charge is 0.264 e. The third-order valence-electron chi connectivity index (χ3n) is 4.14. The molecule has 0 saturated heterocycles. The second-order valence-corrected chi connectivity index (χ2v) is 7.54. The Morgan fingerprint density at radius 2 is 2.03 bits per heavy atom. The fourth-order valence-electron chi connectivity index (χ4n) is 2.70. The molecule has 0 radical (unpaired) electrons. The van der Waals surface area contributed by atoms with Crippen LogP contribution in [-0.2, 0) is 11.4 Å². The van der Waals surface area contributed by atoms with Crippen molar-refractivity contribution >= 4 is 34.6 Å². The molecule has 0 N–H and O–H groups in total. The zero-order chi connectivity index (χ0) is 21.0. The molecule has 0 aromatic heterocycles. The minimum Gasteiger partial charge on any atom is -0.493 e. The molecule has 2 aromatic carbocycles. The summed E-state index contributed by atoms with van der Waals surface area (Å²) in [6.07, 6.45) is 1.54. The van der Waals surface area contributed by atoms with E-state index in [0.717, 1.165) is 14.9 Å². The number of benzene rings is 2. The van der Waals surface area contributed by atoms with E-state index in [1.165, 1.54) is 11.0 Å². The van der Waals surface area contributed by atoms with Crippen LogP contribution in [-0.4, -0.2) is 38.8 Å². The highest BCUT2D eigenvalue weighted by atomic mass is 127. The normalized spacial score (nSPS) is 12.3. The fourth-order valence-corrected chi connectivity index (χ4v) is 3.48. The highest BCUT2D eigenvalue weighted by Gasteiger charge is 2.16. The number of likely N-dealkylation sites (N-methyl/N-ethyl adjacent to an activating group) is 1. The van der Waals surface area contributed by atoms with E-state index in [4.69, 9.17) is 18.9 Å². The minimum atomic E-state index is -0.357. The number of halogens is 1. The largest absolute Gasteiger partial charge is 0.493 e. The number of nitrogens with zero attached hydrogens (tertiary/aromatic N) is 2. The molecule has 3 rings (SSSR count). The molecule has 1 aliphatic heterocycles. The number of fused-ring (bicyclic) bond motifs is 1. The van der Waals surface area contributed by atoms with Crippen LogP contribution in [0.15, 0.2) is 35.9 Å². The first kappa shape index (κ1) is 20.8. The van der Waals surface area contributed by atoms with Crippen LogP contribution < -0.4 is 18.9 Å². The monoisotopic (exact) mass is 506 g/mol. The Balaban J connectivity index is 1.83. The van der Waals surface area contributed by atoms with Crippen LogP contribution in [0.4, 0.5) is 0 Å². The standard InChI is InChI=1S/C21H19IN2O5/c1-24(2)21(25)15(10-23)6-14-7-16(22)20(19(9-14)26-3)27-11-13-4-5-17-18(8-13)29-12-28-17/h4-9H,11-12H2,1-3H3/b15-6-. The summed E-state index contributed by atoms with van der Waals surface area (Å²) < 4.78 is 23.0. The van der Waals surface area contributed by atoms with Crippen LogP contribution in [0.25, 0.3) is 6.08 Å². The van der Waals surface area contributed by atoms with Crippen molar-refractivity contribution in [2.24, 2.45) is 0 Å². The number of carbonyl (C=O) groups excluding carboxylic acids is 1. The summed E-state index contributed by atoms with van der Waals surface area (Å²) in [7, 11) is 4.75. The van der Waals surface area contributed by atoms with Gasteiger partial charge in [-0.2, -0.15) is 5.26 Å². The number of carbonyl (C=O) groups is 1. The molecule has 0 fully saturated rings. The van der Waals surface area contributed by atoms with Crippen LogP contribution in [0.3, 0.4) is 0 Å². The number of methoxy groups -OCH3 is 1. The van der Waals surface area contributed by atoms with Crippen molar-refractivity contribution in [2.75, 3.05) is 28.0 Å². The third-order valence-corrected chi connectivity index (χ3v) is 4.94. The molecule has 1 aliphatic rings. The minimum absolute atomic E-state index is 0.0434. The molecule has 29 heavy (non-hydrogen) atoms. The van der Waals surface area contributed by atoms with Gasteiger partial charge < -0.3 is 23.8 Å². The molecule has 1 amide bonds. The summed E-state index contributed by atoms with van der Waals surface area (Å²) in [5.41, 5.74) is 1.65. The van der Waals surface area contributed by atoms with Crippen LogP contribution in [0, 0.1) is 14.9 Å². The van der Waals surface area contributed by atoms with Crippen LogP contribution in [0.2, 0.25) is 0 Å². The summed E-state index contributed by atoms with van der Waals surface area (Å²) in [4.78, 5) is 13.4. The van der Waals surface area contributed by atoms with E-state index >= 15 is 0 Å². The second kappa shape index (κ2) is 9.05. The van der Waals surface area contributed by atoms with Crippen molar-refractivity contribution in [1.82, 2.24) is 4.90 Å². The van der Waals surface area contributed by atoms with E-state index in [1.54, 1.807) is 27.3 Å². The number of amides is 1. The molecule has 0 bridgehead atoms. The Morgan fingerprint density at radius 3 is 2.72 bits per heavy atom. The maximum absolute atomic E-state index is 12.1. The van der Waals surface area contributed by atoms with Gasteiger partial charge in [0.05, 0.1) is 10.7 Å². The number of hydrogen-bond donors (Lipinski definition) is 0. The van der Waals surface area contributed by atoms with Gasteiger partial charge in [0, 0.05) is 14.1 Å². The maximum atomic E-state index is 12.1. The summed E-state index contributed by atoms with van der Waals surface area (Å²) in [6.45, 7) is 0.544. The predicted octanol–water partition coefficient (Wildman–Crippen LogP) is 3.60. The van der Waals surface area contributed by atoms with E-state index < -0.39 is 0 Å². The predicted molar refractivity (Wildman–Crippen MR) is 115 cm³/mol. The van der Waals surface area contributed by atoms with Crippen LogP contribution >= 0.6 is 22.6 Å². The summed E-state index contributed by atoms with van der Waals surface area (Å²) in [5.74, 6) is 2.16. The first-order valence-electron chi connectivity index (χ1n) is 8.65. The average Bonchev–Trinajstić information content (AvgIpc) is 3.18. The SMILES string of the molecule is COc1cc(/C=C(/C#N)C(=O)N(C)C)cc(I)c1OCc1ccc2c(c1)OCO2. The van der Waals surface area contributed by atoms with Crippen molar-refractivity contribution in [3.05, 3.63) is 50.6 Å². The van der Waals surface area contributed by atoms with E-state index in [9.17, 15) is 10.1 Å². The van der Waals surface area contributed by atoms with Gasteiger partial charge in [-0.25, -0.2) is 0 Å². The first-order chi connectivity index (χ1) is 13.9. The molecule has 2 aromatic rings. The Bertz CT molecular complexity index is 1010. The Kier molecular flexibility index (Phi) is 6.49. The van der Waals surface area contributed by atoms with Crippen LogP contribution in [0.1, 0.15) is 11.1 Å². The van der Waals surface area contributed by atoms with Crippen molar-refractivity contribution in [1.29, 1.82) is 5.26 Å². The molecule has 7 nitrogen and oxygen atoms in total. The molecule has 0 spiro atoms. The third kappa shape index (κ3) is 4.74. The number of hydrogen-bond acceptors (Lipinski definition) is 6. The highest BCUT2D eigenvalue weighted by Crippen LogP contribution is 2.36. The zero-order valence-corrected chi connectivity index (χ0v) is 18.3. The lowest BCUT2D eigenvalue weighted by atomic mass is 10.1. The van der Waals surface area contributed by atoms with Gasteiger partial charge >= 0.3 is 0 Å². The molecule has 0 unspecified atom stereocenters. The molecule has 1 heterocycles. The molecule has 0 atom stereocenters. The molecule has 0 aliphatic carbocycles. The van der Waals surface area contributed by atoms with E-state index in [1.807, 2.05) is 30.3 Å². The lowest BCUT2D eigenvalue weighted by Crippen LogP contribution is -2.22. The van der Waals surface area contributed by atoms with Crippen LogP contribution in [0.5, 0.6) is 23.0 Å². The van der Waals surface area contributed by atoms with Gasteiger partial charge in [0.25, 0.3) is 5.91 Å². The van der Waals surface area contributed by atoms with Gasteiger partial charge in [-0.05, 0) is 64.1 Å². The second-order valence-electron chi connectivity index (χ2n) is 6.38. The average molecular weight is 506 g/mol. The van der Waals surface area contributed by atoms with Gasteiger partial charge in [0.1, 0.15) is 18.2 Å².